The Labute approximate surface area is 169 Å². The molecule has 0 aromatic heterocycles. The van der Waals surface area contributed by atoms with Crippen LogP contribution in [-0.4, -0.2) is 12.9 Å². The van der Waals surface area contributed by atoms with Crippen LogP contribution in [0, 0.1) is 11.7 Å². The SMILES string of the molecule is COc1ccc(C(=O)C2C=c3c(ccc4c3=CCc3cc(F)ccc3-4)CC2)cc1. The van der Waals surface area contributed by atoms with E-state index in [2.05, 4.69) is 24.3 Å². The molecule has 0 N–H and O–H groups in total. The maximum atomic E-state index is 13.6. The Bertz CT molecular complexity index is 1240. The van der Waals surface area contributed by atoms with Crippen LogP contribution in [-0.2, 0) is 12.8 Å². The Kier molecular flexibility index (Phi) is 4.31. The number of Topliss-reactive ketones (excluding diaryl/α,β-unsaturated/α-hetero) is 1. The molecule has 0 saturated carbocycles. The third-order valence-electron chi connectivity index (χ3n) is 6.06. The van der Waals surface area contributed by atoms with Gasteiger partial charge in [0.1, 0.15) is 11.6 Å². The number of ether oxygens (including phenoxy) is 1. The van der Waals surface area contributed by atoms with Crippen LogP contribution in [0.4, 0.5) is 4.39 Å². The number of rotatable bonds is 3. The summed E-state index contributed by atoms with van der Waals surface area (Å²) in [4.78, 5) is 13.1. The van der Waals surface area contributed by atoms with Crippen molar-refractivity contribution in [3.8, 4) is 16.9 Å². The highest BCUT2D eigenvalue weighted by Crippen LogP contribution is 2.27. The summed E-state index contributed by atoms with van der Waals surface area (Å²) < 4.78 is 18.8. The zero-order chi connectivity index (χ0) is 20.0. The first kappa shape index (κ1) is 17.9. The molecule has 5 rings (SSSR count). The highest BCUT2D eigenvalue weighted by atomic mass is 19.1. The Morgan fingerprint density at radius 1 is 0.966 bits per heavy atom. The number of carbonyl (C=O) groups is 1. The van der Waals surface area contributed by atoms with Crippen molar-refractivity contribution in [1.82, 2.24) is 0 Å². The van der Waals surface area contributed by atoms with E-state index in [0.29, 0.717) is 12.0 Å². The molecule has 2 aliphatic carbocycles. The molecule has 3 aromatic carbocycles. The maximum absolute atomic E-state index is 13.6. The van der Waals surface area contributed by atoms with Crippen molar-refractivity contribution in [2.75, 3.05) is 7.11 Å². The second-order valence-corrected chi connectivity index (χ2v) is 7.71. The van der Waals surface area contributed by atoms with Gasteiger partial charge in [0, 0.05) is 11.5 Å². The van der Waals surface area contributed by atoms with E-state index in [-0.39, 0.29) is 17.5 Å². The van der Waals surface area contributed by atoms with Crippen LogP contribution in [0.15, 0.2) is 54.6 Å². The van der Waals surface area contributed by atoms with Crippen LogP contribution in [0.25, 0.3) is 23.3 Å². The lowest BCUT2D eigenvalue weighted by Gasteiger charge is -2.21. The number of hydrogen-bond donors (Lipinski definition) is 0. The molecule has 0 spiro atoms. The number of hydrogen-bond acceptors (Lipinski definition) is 2. The molecule has 29 heavy (non-hydrogen) atoms. The Hall–Kier alpha value is -3.20. The zero-order valence-corrected chi connectivity index (χ0v) is 16.2. The number of carbonyl (C=O) groups excluding carboxylic acids is 1. The van der Waals surface area contributed by atoms with Gasteiger partial charge in [0.2, 0.25) is 0 Å². The van der Waals surface area contributed by atoms with Gasteiger partial charge in [-0.1, -0.05) is 30.4 Å². The molecule has 3 heteroatoms. The van der Waals surface area contributed by atoms with Crippen molar-refractivity contribution in [3.63, 3.8) is 0 Å². The molecule has 3 aromatic rings. The van der Waals surface area contributed by atoms with E-state index in [9.17, 15) is 9.18 Å². The molecule has 0 heterocycles. The fourth-order valence-corrected chi connectivity index (χ4v) is 4.53. The van der Waals surface area contributed by atoms with Crippen LogP contribution >= 0.6 is 0 Å². The normalized spacial score (nSPS) is 16.6. The lowest BCUT2D eigenvalue weighted by atomic mass is 9.82. The summed E-state index contributed by atoms with van der Waals surface area (Å²) in [6.45, 7) is 0. The molecule has 0 aliphatic heterocycles. The molecular weight excluding hydrogens is 363 g/mol. The molecule has 1 atom stereocenters. The summed E-state index contributed by atoms with van der Waals surface area (Å²) in [5.74, 6) is 0.563. The maximum Gasteiger partial charge on any atom is 0.169 e. The van der Waals surface area contributed by atoms with Crippen molar-refractivity contribution in [2.45, 2.75) is 19.3 Å². The topological polar surface area (TPSA) is 26.3 Å². The summed E-state index contributed by atoms with van der Waals surface area (Å²) in [7, 11) is 1.62. The molecule has 0 fully saturated rings. The standard InChI is InChI=1S/C26H21FO2/c1-29-21-9-4-17(5-10-21)26(28)19-3-2-16-6-11-23-22-13-8-20(27)14-18(22)7-12-24(23)25(16)15-19/h4-6,8-15,19H,2-3,7H2,1H3. The van der Waals surface area contributed by atoms with Gasteiger partial charge in [0.15, 0.2) is 5.78 Å². The summed E-state index contributed by atoms with van der Waals surface area (Å²) >= 11 is 0. The van der Waals surface area contributed by atoms with E-state index in [0.717, 1.165) is 40.5 Å². The van der Waals surface area contributed by atoms with Gasteiger partial charge in [-0.3, -0.25) is 4.79 Å². The first-order valence-corrected chi connectivity index (χ1v) is 9.95. The minimum absolute atomic E-state index is 0.134. The number of methoxy groups -OCH3 is 1. The fourth-order valence-electron chi connectivity index (χ4n) is 4.53. The lowest BCUT2D eigenvalue weighted by Crippen LogP contribution is -2.37. The third-order valence-corrected chi connectivity index (χ3v) is 6.06. The van der Waals surface area contributed by atoms with Crippen molar-refractivity contribution in [2.24, 2.45) is 5.92 Å². The second kappa shape index (κ2) is 7.00. The molecule has 1 unspecified atom stereocenters. The average molecular weight is 384 g/mol. The quantitative estimate of drug-likeness (QED) is 0.637. The molecule has 0 amide bonds. The number of fused-ring (bicyclic) bond motifs is 5. The van der Waals surface area contributed by atoms with Crippen molar-refractivity contribution < 1.29 is 13.9 Å². The minimum atomic E-state index is -0.199. The highest BCUT2D eigenvalue weighted by molar-refractivity contribution is 6.01. The smallest absolute Gasteiger partial charge is 0.169 e. The molecule has 0 radical (unpaired) electrons. The van der Waals surface area contributed by atoms with Gasteiger partial charge < -0.3 is 4.74 Å². The second-order valence-electron chi connectivity index (χ2n) is 7.71. The molecule has 0 bridgehead atoms. The van der Waals surface area contributed by atoms with E-state index in [1.165, 1.54) is 16.8 Å². The Morgan fingerprint density at radius 3 is 2.55 bits per heavy atom. The number of halogens is 1. The first-order chi connectivity index (χ1) is 14.1. The van der Waals surface area contributed by atoms with Gasteiger partial charge in [-0.2, -0.15) is 0 Å². The highest BCUT2D eigenvalue weighted by Gasteiger charge is 2.23. The summed E-state index contributed by atoms with van der Waals surface area (Å²) in [6, 6.07) is 16.6. The monoisotopic (exact) mass is 384 g/mol. The number of aryl methyl sites for hydroxylation is 1. The van der Waals surface area contributed by atoms with Gasteiger partial charge in [0.25, 0.3) is 0 Å². The van der Waals surface area contributed by atoms with Gasteiger partial charge >= 0.3 is 0 Å². The summed E-state index contributed by atoms with van der Waals surface area (Å²) in [6.07, 6.45) is 6.72. The lowest BCUT2D eigenvalue weighted by molar-refractivity contribution is 0.0946. The Morgan fingerprint density at radius 2 is 1.76 bits per heavy atom. The van der Waals surface area contributed by atoms with E-state index in [4.69, 9.17) is 4.74 Å². The van der Waals surface area contributed by atoms with E-state index < -0.39 is 0 Å². The van der Waals surface area contributed by atoms with Crippen molar-refractivity contribution in [1.29, 1.82) is 0 Å². The molecule has 2 nitrogen and oxygen atoms in total. The predicted molar refractivity (Wildman–Crippen MR) is 113 cm³/mol. The third kappa shape index (κ3) is 3.07. The van der Waals surface area contributed by atoms with E-state index >= 15 is 0 Å². The molecule has 0 saturated heterocycles. The van der Waals surface area contributed by atoms with Crippen LogP contribution in [0.3, 0.4) is 0 Å². The fraction of sp³-hybridized carbons (Fsp3) is 0.192. The Balaban J connectivity index is 1.58. The van der Waals surface area contributed by atoms with E-state index in [1.54, 1.807) is 13.2 Å². The van der Waals surface area contributed by atoms with Crippen LogP contribution in [0.2, 0.25) is 0 Å². The van der Waals surface area contributed by atoms with Crippen molar-refractivity contribution >= 4 is 17.9 Å². The van der Waals surface area contributed by atoms with Crippen LogP contribution < -0.4 is 15.2 Å². The summed E-state index contributed by atoms with van der Waals surface area (Å²) in [5.41, 5.74) is 5.22. The molecule has 2 aliphatic rings. The molecular formula is C26H21FO2. The minimum Gasteiger partial charge on any atom is -0.497 e. The number of benzene rings is 3. The van der Waals surface area contributed by atoms with Crippen LogP contribution in [0.5, 0.6) is 5.75 Å². The predicted octanol–water partition coefficient (Wildman–Crippen LogP) is 4.06. The summed E-state index contributed by atoms with van der Waals surface area (Å²) in [5, 5.41) is 2.34. The van der Waals surface area contributed by atoms with E-state index in [1.807, 2.05) is 30.3 Å². The van der Waals surface area contributed by atoms with Gasteiger partial charge in [0.05, 0.1) is 7.11 Å². The van der Waals surface area contributed by atoms with Gasteiger partial charge in [-0.25, -0.2) is 4.39 Å². The van der Waals surface area contributed by atoms with Crippen LogP contribution in [0.1, 0.15) is 27.9 Å². The van der Waals surface area contributed by atoms with Crippen molar-refractivity contribution in [3.05, 3.63) is 87.5 Å². The van der Waals surface area contributed by atoms with Gasteiger partial charge in [-0.15, -0.1) is 0 Å². The largest absolute Gasteiger partial charge is 0.497 e. The zero-order valence-electron chi connectivity index (χ0n) is 16.2. The first-order valence-electron chi connectivity index (χ1n) is 9.95. The number of ketones is 1. The molecule has 144 valence electrons. The van der Waals surface area contributed by atoms with Gasteiger partial charge in [-0.05, 0) is 88.4 Å². The average Bonchev–Trinajstić information content (AvgIpc) is 2.77.